The summed E-state index contributed by atoms with van der Waals surface area (Å²) < 4.78 is 10.5. The van der Waals surface area contributed by atoms with Gasteiger partial charge in [-0.05, 0) is 31.0 Å². The van der Waals surface area contributed by atoms with E-state index in [0.29, 0.717) is 30.2 Å². The van der Waals surface area contributed by atoms with Crippen LogP contribution in [0.2, 0.25) is 0 Å². The van der Waals surface area contributed by atoms with Crippen LogP contribution in [0.3, 0.4) is 0 Å². The van der Waals surface area contributed by atoms with Crippen LogP contribution in [0.15, 0.2) is 48.5 Å². The van der Waals surface area contributed by atoms with E-state index in [1.54, 1.807) is 32.4 Å². The Balaban J connectivity index is 2.13. The van der Waals surface area contributed by atoms with E-state index in [1.807, 2.05) is 30.0 Å². The van der Waals surface area contributed by atoms with Crippen LogP contribution in [0.1, 0.15) is 22.8 Å². The van der Waals surface area contributed by atoms with Crippen molar-refractivity contribution in [2.75, 3.05) is 27.3 Å². The number of carbonyl (C=O) groups is 1. The van der Waals surface area contributed by atoms with Crippen LogP contribution >= 0.6 is 0 Å². The number of likely N-dealkylation sites (N-methyl/N-ethyl adjacent to an activating group) is 1. The molecule has 1 amide bonds. The van der Waals surface area contributed by atoms with Crippen molar-refractivity contribution < 1.29 is 14.3 Å². The molecule has 0 saturated heterocycles. The molecule has 23 heavy (non-hydrogen) atoms. The highest BCUT2D eigenvalue weighted by Gasteiger charge is 2.18. The third-order valence-electron chi connectivity index (χ3n) is 3.82. The molecule has 0 unspecified atom stereocenters. The number of carbonyl (C=O) groups excluding carboxylic acids is 1. The number of benzene rings is 2. The van der Waals surface area contributed by atoms with Crippen molar-refractivity contribution in [3.05, 3.63) is 59.7 Å². The molecule has 0 aliphatic carbocycles. The Morgan fingerprint density at radius 2 is 1.78 bits per heavy atom. The highest BCUT2D eigenvalue weighted by atomic mass is 16.5. The topological polar surface area (TPSA) is 38.8 Å². The first-order valence-electron chi connectivity index (χ1n) is 7.74. The van der Waals surface area contributed by atoms with E-state index in [1.165, 1.54) is 5.56 Å². The lowest BCUT2D eigenvalue weighted by Crippen LogP contribution is -2.33. The predicted molar refractivity (Wildman–Crippen MR) is 91.3 cm³/mol. The van der Waals surface area contributed by atoms with Gasteiger partial charge in [0.25, 0.3) is 5.91 Å². The maximum Gasteiger partial charge on any atom is 0.257 e. The van der Waals surface area contributed by atoms with Crippen LogP contribution in [-0.4, -0.2) is 38.1 Å². The molecule has 0 heterocycles. The SMILES string of the molecule is CCN(CCc1ccccc1)C(=O)c1ccc(OC)cc1OC. The molecular formula is C19H23NO3. The monoisotopic (exact) mass is 313 g/mol. The lowest BCUT2D eigenvalue weighted by Gasteiger charge is -2.22. The van der Waals surface area contributed by atoms with E-state index in [9.17, 15) is 4.79 Å². The second-order valence-corrected chi connectivity index (χ2v) is 5.19. The number of ether oxygens (including phenoxy) is 2. The van der Waals surface area contributed by atoms with Gasteiger partial charge in [0, 0.05) is 19.2 Å². The molecule has 0 aromatic heterocycles. The summed E-state index contributed by atoms with van der Waals surface area (Å²) in [4.78, 5) is 14.6. The summed E-state index contributed by atoms with van der Waals surface area (Å²) in [7, 11) is 3.15. The van der Waals surface area contributed by atoms with Gasteiger partial charge in [-0.2, -0.15) is 0 Å². The molecule has 0 spiro atoms. The summed E-state index contributed by atoms with van der Waals surface area (Å²) in [5.41, 5.74) is 1.78. The lowest BCUT2D eigenvalue weighted by molar-refractivity contribution is 0.0763. The van der Waals surface area contributed by atoms with Gasteiger partial charge >= 0.3 is 0 Å². The van der Waals surface area contributed by atoms with Gasteiger partial charge in [-0.3, -0.25) is 4.79 Å². The van der Waals surface area contributed by atoms with Crippen LogP contribution in [-0.2, 0) is 6.42 Å². The first kappa shape index (κ1) is 16.9. The van der Waals surface area contributed by atoms with Crippen LogP contribution in [0, 0.1) is 0 Å². The van der Waals surface area contributed by atoms with Crippen molar-refractivity contribution in [3.63, 3.8) is 0 Å². The molecule has 0 aliphatic heterocycles. The Bertz CT molecular complexity index is 640. The van der Waals surface area contributed by atoms with Gasteiger partial charge in [0.1, 0.15) is 11.5 Å². The molecule has 4 nitrogen and oxygen atoms in total. The highest BCUT2D eigenvalue weighted by Crippen LogP contribution is 2.25. The van der Waals surface area contributed by atoms with E-state index < -0.39 is 0 Å². The standard InChI is InChI=1S/C19H23NO3/c1-4-20(13-12-15-8-6-5-7-9-15)19(21)17-11-10-16(22-2)14-18(17)23-3/h5-11,14H,4,12-13H2,1-3H3. The van der Waals surface area contributed by atoms with Crippen LogP contribution in [0.5, 0.6) is 11.5 Å². The molecule has 0 saturated carbocycles. The minimum atomic E-state index is -0.0251. The summed E-state index contributed by atoms with van der Waals surface area (Å²) in [6.07, 6.45) is 0.832. The average Bonchev–Trinajstić information content (AvgIpc) is 2.62. The zero-order valence-electron chi connectivity index (χ0n) is 13.9. The average molecular weight is 313 g/mol. The Labute approximate surface area is 137 Å². The number of hydrogen-bond donors (Lipinski definition) is 0. The number of rotatable bonds is 7. The molecule has 2 rings (SSSR count). The smallest absolute Gasteiger partial charge is 0.257 e. The summed E-state index contributed by atoms with van der Waals surface area (Å²) in [6, 6.07) is 15.4. The number of amides is 1. The summed E-state index contributed by atoms with van der Waals surface area (Å²) in [5.74, 6) is 1.18. The van der Waals surface area contributed by atoms with E-state index in [0.717, 1.165) is 6.42 Å². The van der Waals surface area contributed by atoms with Gasteiger partial charge < -0.3 is 14.4 Å². The lowest BCUT2D eigenvalue weighted by atomic mass is 10.1. The summed E-state index contributed by atoms with van der Waals surface area (Å²) in [5, 5.41) is 0. The maximum absolute atomic E-state index is 12.8. The predicted octanol–water partition coefficient (Wildman–Crippen LogP) is 3.41. The Hall–Kier alpha value is -2.49. The van der Waals surface area contributed by atoms with E-state index in [-0.39, 0.29) is 5.91 Å². The van der Waals surface area contributed by atoms with E-state index >= 15 is 0 Å². The van der Waals surface area contributed by atoms with E-state index in [2.05, 4.69) is 12.1 Å². The van der Waals surface area contributed by atoms with Gasteiger partial charge in [0.15, 0.2) is 0 Å². The number of hydrogen-bond acceptors (Lipinski definition) is 3. The highest BCUT2D eigenvalue weighted by molar-refractivity contribution is 5.97. The fraction of sp³-hybridized carbons (Fsp3) is 0.316. The Morgan fingerprint density at radius 1 is 1.04 bits per heavy atom. The van der Waals surface area contributed by atoms with Crippen LogP contribution < -0.4 is 9.47 Å². The minimum Gasteiger partial charge on any atom is -0.497 e. The Morgan fingerprint density at radius 3 is 2.39 bits per heavy atom. The zero-order valence-corrected chi connectivity index (χ0v) is 13.9. The number of nitrogens with zero attached hydrogens (tertiary/aromatic N) is 1. The van der Waals surface area contributed by atoms with E-state index in [4.69, 9.17) is 9.47 Å². The molecular weight excluding hydrogens is 290 g/mol. The molecule has 0 aliphatic rings. The minimum absolute atomic E-state index is 0.0251. The van der Waals surface area contributed by atoms with Crippen molar-refractivity contribution in [3.8, 4) is 11.5 Å². The molecule has 2 aromatic carbocycles. The molecule has 122 valence electrons. The second-order valence-electron chi connectivity index (χ2n) is 5.19. The fourth-order valence-corrected chi connectivity index (χ4v) is 2.46. The molecule has 0 bridgehead atoms. The van der Waals surface area contributed by atoms with Gasteiger partial charge in [-0.25, -0.2) is 0 Å². The zero-order chi connectivity index (χ0) is 16.7. The first-order chi connectivity index (χ1) is 11.2. The largest absolute Gasteiger partial charge is 0.497 e. The quantitative estimate of drug-likeness (QED) is 0.786. The molecule has 0 N–H and O–H groups in total. The molecule has 4 heteroatoms. The summed E-state index contributed by atoms with van der Waals surface area (Å²) in [6.45, 7) is 3.31. The molecule has 2 aromatic rings. The molecule has 0 atom stereocenters. The van der Waals surface area contributed by atoms with Crippen molar-refractivity contribution in [2.45, 2.75) is 13.3 Å². The van der Waals surface area contributed by atoms with Crippen molar-refractivity contribution in [1.29, 1.82) is 0 Å². The van der Waals surface area contributed by atoms with Gasteiger partial charge in [-0.1, -0.05) is 30.3 Å². The third-order valence-corrected chi connectivity index (χ3v) is 3.82. The van der Waals surface area contributed by atoms with Crippen molar-refractivity contribution in [2.24, 2.45) is 0 Å². The fourth-order valence-electron chi connectivity index (χ4n) is 2.46. The molecule has 0 radical (unpaired) electrons. The maximum atomic E-state index is 12.8. The van der Waals surface area contributed by atoms with Gasteiger partial charge in [0.05, 0.1) is 19.8 Å². The summed E-state index contributed by atoms with van der Waals surface area (Å²) >= 11 is 0. The third kappa shape index (κ3) is 4.25. The Kier molecular flexibility index (Phi) is 6.03. The van der Waals surface area contributed by atoms with Gasteiger partial charge in [-0.15, -0.1) is 0 Å². The number of methoxy groups -OCH3 is 2. The van der Waals surface area contributed by atoms with Crippen LogP contribution in [0.25, 0.3) is 0 Å². The van der Waals surface area contributed by atoms with Crippen molar-refractivity contribution >= 4 is 5.91 Å². The first-order valence-corrected chi connectivity index (χ1v) is 7.74. The van der Waals surface area contributed by atoms with Crippen LogP contribution in [0.4, 0.5) is 0 Å². The van der Waals surface area contributed by atoms with Crippen molar-refractivity contribution in [1.82, 2.24) is 4.90 Å². The van der Waals surface area contributed by atoms with Gasteiger partial charge in [0.2, 0.25) is 0 Å². The second kappa shape index (κ2) is 8.22. The molecule has 0 fully saturated rings. The normalized spacial score (nSPS) is 10.2.